The smallest absolute Gasteiger partial charge is 0.143 e. The van der Waals surface area contributed by atoms with E-state index in [0.29, 0.717) is 5.41 Å². The van der Waals surface area contributed by atoms with E-state index >= 15 is 0 Å². The predicted molar refractivity (Wildman–Crippen MR) is 60.1 cm³/mol. The molecule has 2 saturated carbocycles. The van der Waals surface area contributed by atoms with Gasteiger partial charge in [-0.2, -0.15) is 0 Å². The van der Waals surface area contributed by atoms with Crippen LogP contribution >= 0.6 is 0 Å². The fourth-order valence-electron chi connectivity index (χ4n) is 3.91. The van der Waals surface area contributed by atoms with E-state index in [1.54, 1.807) is 0 Å². The summed E-state index contributed by atoms with van der Waals surface area (Å²) in [7, 11) is 0. The van der Waals surface area contributed by atoms with E-state index in [-0.39, 0.29) is 11.3 Å². The number of fused-ring (bicyclic) bond motifs is 1. The first-order chi connectivity index (χ1) is 7.79. The molecule has 4 fully saturated rings. The molecule has 90 valence electrons. The first-order valence-electron chi connectivity index (χ1n) is 6.81. The molecule has 1 atom stereocenters. The van der Waals surface area contributed by atoms with Crippen LogP contribution < -0.4 is 5.32 Å². The van der Waals surface area contributed by atoms with Crippen LogP contribution in [0.1, 0.15) is 44.9 Å². The van der Waals surface area contributed by atoms with Gasteiger partial charge in [0.1, 0.15) is 5.72 Å². The lowest BCUT2D eigenvalue weighted by Crippen LogP contribution is -2.69. The van der Waals surface area contributed by atoms with Gasteiger partial charge in [0.05, 0.1) is 12.2 Å². The highest BCUT2D eigenvalue weighted by Crippen LogP contribution is 2.65. The van der Waals surface area contributed by atoms with Crippen LogP contribution in [0.25, 0.3) is 0 Å². The van der Waals surface area contributed by atoms with Crippen molar-refractivity contribution >= 4 is 0 Å². The molecule has 16 heavy (non-hydrogen) atoms. The van der Waals surface area contributed by atoms with Gasteiger partial charge in [0, 0.05) is 18.6 Å². The number of hydrogen-bond acceptors (Lipinski definition) is 3. The summed E-state index contributed by atoms with van der Waals surface area (Å²) in [6.07, 6.45) is 8.94. The summed E-state index contributed by atoms with van der Waals surface area (Å²) >= 11 is 0. The normalized spacial score (nSPS) is 43.5. The highest BCUT2D eigenvalue weighted by atomic mass is 16.6. The second kappa shape index (κ2) is 3.01. The van der Waals surface area contributed by atoms with Crippen molar-refractivity contribution in [1.82, 2.24) is 5.32 Å². The Morgan fingerprint density at radius 1 is 0.938 bits per heavy atom. The number of rotatable bonds is 0. The molecule has 0 bridgehead atoms. The highest BCUT2D eigenvalue weighted by molar-refractivity contribution is 5.17. The summed E-state index contributed by atoms with van der Waals surface area (Å²) in [5, 5.41) is 3.66. The Bertz CT molecular complexity index is 301. The lowest BCUT2D eigenvalue weighted by atomic mass is 9.67. The number of hydrogen-bond donors (Lipinski definition) is 1. The molecule has 0 amide bonds. The Kier molecular flexibility index (Phi) is 1.85. The zero-order valence-corrected chi connectivity index (χ0v) is 9.89. The Labute approximate surface area is 96.9 Å². The fourth-order valence-corrected chi connectivity index (χ4v) is 3.91. The van der Waals surface area contributed by atoms with Crippen LogP contribution in [0.5, 0.6) is 0 Å². The van der Waals surface area contributed by atoms with Crippen molar-refractivity contribution in [2.24, 2.45) is 5.41 Å². The second-order valence-corrected chi connectivity index (χ2v) is 6.23. The Morgan fingerprint density at radius 3 is 2.38 bits per heavy atom. The van der Waals surface area contributed by atoms with Crippen LogP contribution in [-0.4, -0.2) is 31.1 Å². The van der Waals surface area contributed by atoms with E-state index in [9.17, 15) is 0 Å². The first kappa shape index (κ1) is 9.86. The van der Waals surface area contributed by atoms with Crippen LogP contribution in [0.3, 0.4) is 0 Å². The lowest BCUT2D eigenvalue weighted by molar-refractivity contribution is -0.289. The van der Waals surface area contributed by atoms with Crippen LogP contribution in [0.15, 0.2) is 0 Å². The molecule has 4 aliphatic rings. The molecular formula is C13H21NO2. The molecule has 3 heteroatoms. The van der Waals surface area contributed by atoms with E-state index in [4.69, 9.17) is 9.47 Å². The number of ether oxygens (including phenoxy) is 2. The summed E-state index contributed by atoms with van der Waals surface area (Å²) in [5.41, 5.74) is 0.611. The molecule has 2 aliphatic carbocycles. The van der Waals surface area contributed by atoms with Gasteiger partial charge in [0.25, 0.3) is 0 Å². The van der Waals surface area contributed by atoms with Crippen molar-refractivity contribution in [2.45, 2.75) is 56.3 Å². The van der Waals surface area contributed by atoms with Crippen molar-refractivity contribution in [3.63, 3.8) is 0 Å². The SMILES string of the molecule is C1COCC2(C1)NCC1(CC1)C1(CCC1)O2. The zero-order valence-electron chi connectivity index (χ0n) is 9.89. The van der Waals surface area contributed by atoms with Crippen LogP contribution in [0.4, 0.5) is 0 Å². The van der Waals surface area contributed by atoms with Gasteiger partial charge in [0.2, 0.25) is 0 Å². The number of nitrogens with one attached hydrogen (secondary N) is 1. The fraction of sp³-hybridized carbons (Fsp3) is 1.00. The van der Waals surface area contributed by atoms with E-state index < -0.39 is 0 Å². The Hall–Kier alpha value is -0.120. The van der Waals surface area contributed by atoms with E-state index in [2.05, 4.69) is 5.32 Å². The molecule has 4 rings (SSSR count). The largest absolute Gasteiger partial charge is 0.377 e. The maximum atomic E-state index is 6.58. The summed E-state index contributed by atoms with van der Waals surface area (Å²) < 4.78 is 12.2. The lowest BCUT2D eigenvalue weighted by Gasteiger charge is -2.58. The predicted octanol–water partition coefficient (Wildman–Crippen LogP) is 1.82. The van der Waals surface area contributed by atoms with Gasteiger partial charge in [0.15, 0.2) is 0 Å². The molecule has 0 aromatic heterocycles. The molecule has 0 radical (unpaired) electrons. The van der Waals surface area contributed by atoms with Crippen LogP contribution in [0.2, 0.25) is 0 Å². The summed E-state index contributed by atoms with van der Waals surface area (Å²) in [4.78, 5) is 0. The minimum Gasteiger partial charge on any atom is -0.377 e. The second-order valence-electron chi connectivity index (χ2n) is 6.23. The molecule has 2 heterocycles. The molecule has 0 aromatic rings. The quantitative estimate of drug-likeness (QED) is 0.679. The van der Waals surface area contributed by atoms with Gasteiger partial charge >= 0.3 is 0 Å². The van der Waals surface area contributed by atoms with E-state index in [1.165, 1.54) is 32.1 Å². The molecule has 1 N–H and O–H groups in total. The van der Waals surface area contributed by atoms with Crippen molar-refractivity contribution in [1.29, 1.82) is 0 Å². The third kappa shape index (κ3) is 1.14. The van der Waals surface area contributed by atoms with Gasteiger partial charge in [-0.3, -0.25) is 5.32 Å². The molecular weight excluding hydrogens is 202 g/mol. The standard InChI is InChI=1S/C13H21NO2/c1-3-12(4-1)11(6-7-11)9-14-13(16-12)5-2-8-15-10-13/h14H,1-10H2. The first-order valence-corrected chi connectivity index (χ1v) is 6.81. The van der Waals surface area contributed by atoms with E-state index in [0.717, 1.165) is 32.6 Å². The molecule has 3 spiro atoms. The zero-order chi connectivity index (χ0) is 10.7. The maximum absolute atomic E-state index is 6.58. The third-order valence-electron chi connectivity index (χ3n) is 5.33. The molecule has 3 nitrogen and oxygen atoms in total. The minimum atomic E-state index is -0.132. The van der Waals surface area contributed by atoms with Gasteiger partial charge < -0.3 is 9.47 Å². The van der Waals surface area contributed by atoms with Crippen molar-refractivity contribution < 1.29 is 9.47 Å². The van der Waals surface area contributed by atoms with Crippen LogP contribution in [0, 0.1) is 5.41 Å². The van der Waals surface area contributed by atoms with Crippen molar-refractivity contribution in [3.8, 4) is 0 Å². The van der Waals surface area contributed by atoms with Gasteiger partial charge in [-0.15, -0.1) is 0 Å². The van der Waals surface area contributed by atoms with Crippen LogP contribution in [-0.2, 0) is 9.47 Å². The Balaban J connectivity index is 1.60. The molecule has 2 aliphatic heterocycles. The van der Waals surface area contributed by atoms with E-state index in [1.807, 2.05) is 0 Å². The molecule has 1 unspecified atom stereocenters. The average Bonchev–Trinajstić information content (AvgIpc) is 3.03. The third-order valence-corrected chi connectivity index (χ3v) is 5.33. The summed E-state index contributed by atoms with van der Waals surface area (Å²) in [6.45, 7) is 2.83. The molecule has 2 saturated heterocycles. The Morgan fingerprint density at radius 2 is 1.81 bits per heavy atom. The topological polar surface area (TPSA) is 30.5 Å². The monoisotopic (exact) mass is 223 g/mol. The average molecular weight is 223 g/mol. The van der Waals surface area contributed by atoms with Gasteiger partial charge in [-0.1, -0.05) is 0 Å². The molecule has 0 aromatic carbocycles. The van der Waals surface area contributed by atoms with Crippen molar-refractivity contribution in [3.05, 3.63) is 0 Å². The van der Waals surface area contributed by atoms with Gasteiger partial charge in [-0.05, 0) is 44.9 Å². The minimum absolute atomic E-state index is 0.132. The maximum Gasteiger partial charge on any atom is 0.143 e. The highest BCUT2D eigenvalue weighted by Gasteiger charge is 2.67. The summed E-state index contributed by atoms with van der Waals surface area (Å²) in [5.74, 6) is 0. The summed E-state index contributed by atoms with van der Waals surface area (Å²) in [6, 6.07) is 0. The van der Waals surface area contributed by atoms with Gasteiger partial charge in [-0.25, -0.2) is 0 Å². The van der Waals surface area contributed by atoms with Crippen molar-refractivity contribution in [2.75, 3.05) is 19.8 Å².